The fraction of sp³-hybridized carbons (Fsp3) is 0.333. The van der Waals surface area contributed by atoms with Gasteiger partial charge in [-0.3, -0.25) is 4.79 Å². The summed E-state index contributed by atoms with van der Waals surface area (Å²) >= 11 is 1.78. The summed E-state index contributed by atoms with van der Waals surface area (Å²) in [6.07, 6.45) is 0. The molecular weight excluding hydrogens is 499 g/mol. The third-order valence-corrected chi connectivity index (χ3v) is 4.90. The summed E-state index contributed by atoms with van der Waals surface area (Å²) in [5, 5.41) is 6.41. The van der Waals surface area contributed by atoms with Gasteiger partial charge in [-0.05, 0) is 29.8 Å². The summed E-state index contributed by atoms with van der Waals surface area (Å²) in [6, 6.07) is 18.1. The van der Waals surface area contributed by atoms with E-state index >= 15 is 0 Å². The van der Waals surface area contributed by atoms with Crippen molar-refractivity contribution in [3.8, 4) is 5.75 Å². The normalized spacial score (nSPS) is 10.7. The number of carbonyl (C=O) groups is 1. The smallest absolute Gasteiger partial charge is 0.241 e. The summed E-state index contributed by atoms with van der Waals surface area (Å²) in [6.45, 7) is 1.46. The highest BCUT2D eigenvalue weighted by molar-refractivity contribution is 14.0. The average Bonchev–Trinajstić information content (AvgIpc) is 2.73. The number of amides is 1. The molecule has 0 fully saturated rings. The minimum Gasteiger partial charge on any atom is -0.497 e. The molecule has 2 aromatic rings. The van der Waals surface area contributed by atoms with E-state index in [4.69, 9.17) is 4.74 Å². The zero-order valence-electron chi connectivity index (χ0n) is 17.1. The van der Waals surface area contributed by atoms with Crippen molar-refractivity contribution >= 4 is 47.6 Å². The number of benzene rings is 2. The molecule has 0 bridgehead atoms. The van der Waals surface area contributed by atoms with Gasteiger partial charge in [0.05, 0.1) is 20.2 Å². The molecule has 2 rings (SSSR count). The van der Waals surface area contributed by atoms with Crippen molar-refractivity contribution in [2.75, 3.05) is 40.0 Å². The molecule has 0 heterocycles. The van der Waals surface area contributed by atoms with E-state index in [0.717, 1.165) is 23.6 Å². The van der Waals surface area contributed by atoms with E-state index in [9.17, 15) is 4.79 Å². The summed E-state index contributed by atoms with van der Waals surface area (Å²) in [5.41, 5.74) is 1.07. The first-order valence-electron chi connectivity index (χ1n) is 9.11. The quantitative estimate of drug-likeness (QED) is 0.172. The summed E-state index contributed by atoms with van der Waals surface area (Å²) in [7, 11) is 5.12. The van der Waals surface area contributed by atoms with Gasteiger partial charge in [0.25, 0.3) is 0 Å². The predicted molar refractivity (Wildman–Crippen MR) is 131 cm³/mol. The van der Waals surface area contributed by atoms with Gasteiger partial charge in [0, 0.05) is 31.3 Å². The van der Waals surface area contributed by atoms with Crippen LogP contribution in [0.5, 0.6) is 5.75 Å². The fourth-order valence-corrected chi connectivity index (χ4v) is 3.04. The minimum absolute atomic E-state index is 0. The average molecular weight is 528 g/mol. The Morgan fingerprint density at radius 2 is 1.76 bits per heavy atom. The highest BCUT2D eigenvalue weighted by atomic mass is 127. The van der Waals surface area contributed by atoms with Gasteiger partial charge in [-0.25, -0.2) is 4.99 Å². The molecule has 2 N–H and O–H groups in total. The maximum atomic E-state index is 11.9. The lowest BCUT2D eigenvalue weighted by Gasteiger charge is -2.15. The van der Waals surface area contributed by atoms with Crippen molar-refractivity contribution in [3.05, 3.63) is 60.2 Å². The number of nitrogens with one attached hydrogen (secondary N) is 2. The maximum absolute atomic E-state index is 11.9. The number of carbonyl (C=O) groups excluding carboxylic acids is 1. The molecule has 0 saturated carbocycles. The number of guanidine groups is 1. The van der Waals surface area contributed by atoms with Crippen LogP contribution in [0.4, 0.5) is 0 Å². The van der Waals surface area contributed by atoms with Crippen LogP contribution in [0.25, 0.3) is 0 Å². The zero-order valence-corrected chi connectivity index (χ0v) is 20.2. The number of likely N-dealkylation sites (N-methyl/N-ethyl adjacent to an activating group) is 1. The number of nitrogens with zero attached hydrogens (tertiary/aromatic N) is 2. The molecule has 1 amide bonds. The summed E-state index contributed by atoms with van der Waals surface area (Å²) in [4.78, 5) is 19.3. The van der Waals surface area contributed by atoms with Crippen molar-refractivity contribution < 1.29 is 9.53 Å². The van der Waals surface area contributed by atoms with E-state index < -0.39 is 0 Å². The third-order valence-electron chi connectivity index (χ3n) is 3.89. The second-order valence-electron chi connectivity index (χ2n) is 6.24. The zero-order chi connectivity index (χ0) is 20.2. The molecule has 0 saturated heterocycles. The molecule has 0 aliphatic rings. The highest BCUT2D eigenvalue weighted by Gasteiger charge is 2.06. The molecule has 8 heteroatoms. The lowest BCUT2D eigenvalue weighted by molar-refractivity contribution is -0.127. The number of methoxy groups -OCH3 is 1. The van der Waals surface area contributed by atoms with Gasteiger partial charge < -0.3 is 20.3 Å². The van der Waals surface area contributed by atoms with Gasteiger partial charge in [0.15, 0.2) is 5.96 Å². The van der Waals surface area contributed by atoms with Crippen molar-refractivity contribution in [2.45, 2.75) is 11.4 Å². The van der Waals surface area contributed by atoms with Crippen molar-refractivity contribution in [1.29, 1.82) is 0 Å². The SMILES string of the molecule is COc1ccc(CN=C(NCCSc2ccccc2)NCC(=O)N(C)C)cc1.I. The van der Waals surface area contributed by atoms with Crippen LogP contribution in [-0.4, -0.2) is 56.8 Å². The first-order chi connectivity index (χ1) is 13.6. The van der Waals surface area contributed by atoms with Crippen molar-refractivity contribution in [2.24, 2.45) is 4.99 Å². The van der Waals surface area contributed by atoms with E-state index in [-0.39, 0.29) is 36.4 Å². The Hall–Kier alpha value is -1.94. The Morgan fingerprint density at radius 1 is 1.07 bits per heavy atom. The topological polar surface area (TPSA) is 66.0 Å². The number of rotatable bonds is 9. The monoisotopic (exact) mass is 528 g/mol. The Balaban J connectivity index is 0.00000420. The molecule has 6 nitrogen and oxygen atoms in total. The molecule has 0 spiro atoms. The van der Waals surface area contributed by atoms with Gasteiger partial charge >= 0.3 is 0 Å². The largest absolute Gasteiger partial charge is 0.497 e. The second-order valence-corrected chi connectivity index (χ2v) is 7.41. The maximum Gasteiger partial charge on any atom is 0.241 e. The molecule has 0 aromatic heterocycles. The van der Waals surface area contributed by atoms with Crippen molar-refractivity contribution in [1.82, 2.24) is 15.5 Å². The van der Waals surface area contributed by atoms with Crippen molar-refractivity contribution in [3.63, 3.8) is 0 Å². The predicted octanol–water partition coefficient (Wildman–Crippen LogP) is 3.23. The molecule has 0 radical (unpaired) electrons. The Labute approximate surface area is 194 Å². The van der Waals surface area contributed by atoms with Crippen LogP contribution in [-0.2, 0) is 11.3 Å². The van der Waals surface area contributed by atoms with Crippen LogP contribution in [0.3, 0.4) is 0 Å². The molecule has 0 unspecified atom stereocenters. The highest BCUT2D eigenvalue weighted by Crippen LogP contribution is 2.15. The Morgan fingerprint density at radius 3 is 2.38 bits per heavy atom. The number of aliphatic imine (C=N–C) groups is 1. The van der Waals surface area contributed by atoms with Crippen LogP contribution < -0.4 is 15.4 Å². The molecule has 2 aromatic carbocycles. The number of ether oxygens (including phenoxy) is 1. The lowest BCUT2D eigenvalue weighted by atomic mass is 10.2. The van der Waals surface area contributed by atoms with E-state index in [1.165, 1.54) is 4.90 Å². The summed E-state index contributed by atoms with van der Waals surface area (Å²) < 4.78 is 5.18. The molecule has 158 valence electrons. The van der Waals surface area contributed by atoms with Crippen LogP contribution in [0.2, 0.25) is 0 Å². The van der Waals surface area contributed by atoms with E-state index in [1.807, 2.05) is 42.5 Å². The second kappa shape index (κ2) is 14.1. The van der Waals surface area contributed by atoms with E-state index in [1.54, 1.807) is 37.9 Å². The Kier molecular flexibility index (Phi) is 12.2. The molecule has 0 atom stereocenters. The van der Waals surface area contributed by atoms with Gasteiger partial charge in [0.2, 0.25) is 5.91 Å². The first-order valence-corrected chi connectivity index (χ1v) is 10.1. The first kappa shape index (κ1) is 25.1. The van der Waals surface area contributed by atoms with Gasteiger partial charge in [-0.2, -0.15) is 0 Å². The van der Waals surface area contributed by atoms with Crippen LogP contribution >= 0.6 is 35.7 Å². The summed E-state index contributed by atoms with van der Waals surface area (Å²) in [5.74, 6) is 2.34. The number of thioether (sulfide) groups is 1. The third kappa shape index (κ3) is 9.89. The standard InChI is InChI=1S/C21H28N4O2S.HI/c1-25(2)20(26)16-24-21(22-13-14-28-19-7-5-4-6-8-19)23-15-17-9-11-18(27-3)12-10-17;/h4-12H,13-16H2,1-3H3,(H2,22,23,24);1H. The van der Waals surface area contributed by atoms with Crippen LogP contribution in [0.15, 0.2) is 64.5 Å². The Bertz CT molecular complexity index is 755. The van der Waals surface area contributed by atoms with Crippen LogP contribution in [0.1, 0.15) is 5.56 Å². The lowest BCUT2D eigenvalue weighted by Crippen LogP contribution is -2.43. The molecule has 29 heavy (non-hydrogen) atoms. The van der Waals surface area contributed by atoms with Crippen LogP contribution in [0, 0.1) is 0 Å². The molecular formula is C21H29IN4O2S. The van der Waals surface area contributed by atoms with Gasteiger partial charge in [-0.1, -0.05) is 30.3 Å². The fourth-order valence-electron chi connectivity index (χ4n) is 2.25. The number of hydrogen-bond donors (Lipinski definition) is 2. The van der Waals surface area contributed by atoms with Gasteiger partial charge in [-0.15, -0.1) is 35.7 Å². The minimum atomic E-state index is -0.00221. The van der Waals surface area contributed by atoms with E-state index in [2.05, 4.69) is 27.8 Å². The molecule has 0 aliphatic heterocycles. The number of hydrogen-bond acceptors (Lipinski definition) is 4. The number of halogens is 1. The van der Waals surface area contributed by atoms with E-state index in [0.29, 0.717) is 12.5 Å². The molecule has 0 aliphatic carbocycles. The van der Waals surface area contributed by atoms with Gasteiger partial charge in [0.1, 0.15) is 5.75 Å².